The summed E-state index contributed by atoms with van der Waals surface area (Å²) in [6.45, 7) is 2.02. The predicted octanol–water partition coefficient (Wildman–Crippen LogP) is 5.53. The van der Waals surface area contributed by atoms with Crippen LogP contribution in [0.5, 0.6) is 0 Å². The van der Waals surface area contributed by atoms with Gasteiger partial charge in [-0.25, -0.2) is 13.2 Å². The normalized spacial score (nSPS) is 11.7. The SMILES string of the molecule is CC(Nc1ccc(NC(=O)c2ccc(F)c(F)c2F)cc1)c1ccccc1. The zero-order valence-electron chi connectivity index (χ0n) is 14.5. The van der Waals surface area contributed by atoms with Gasteiger partial charge in [0.1, 0.15) is 0 Å². The van der Waals surface area contributed by atoms with E-state index in [9.17, 15) is 18.0 Å². The first kappa shape index (κ1) is 18.5. The number of carbonyl (C=O) groups excluding carboxylic acids is 1. The molecular weight excluding hydrogens is 353 g/mol. The van der Waals surface area contributed by atoms with Crippen molar-refractivity contribution in [2.45, 2.75) is 13.0 Å². The first-order valence-electron chi connectivity index (χ1n) is 8.32. The fourth-order valence-corrected chi connectivity index (χ4v) is 2.62. The highest BCUT2D eigenvalue weighted by Gasteiger charge is 2.18. The molecule has 0 saturated carbocycles. The molecule has 6 heteroatoms. The van der Waals surface area contributed by atoms with Gasteiger partial charge in [0.15, 0.2) is 17.5 Å². The Labute approximate surface area is 154 Å². The molecule has 0 aromatic heterocycles. The number of nitrogens with one attached hydrogen (secondary N) is 2. The molecule has 0 aliphatic rings. The van der Waals surface area contributed by atoms with Crippen LogP contribution in [0.25, 0.3) is 0 Å². The van der Waals surface area contributed by atoms with Crippen LogP contribution in [0.15, 0.2) is 66.7 Å². The lowest BCUT2D eigenvalue weighted by Crippen LogP contribution is -2.15. The summed E-state index contributed by atoms with van der Waals surface area (Å²) in [5, 5.41) is 5.79. The highest BCUT2D eigenvalue weighted by molar-refractivity contribution is 6.04. The Morgan fingerprint density at radius 3 is 2.11 bits per heavy atom. The highest BCUT2D eigenvalue weighted by Crippen LogP contribution is 2.22. The van der Waals surface area contributed by atoms with Crippen LogP contribution in [0.1, 0.15) is 28.9 Å². The minimum Gasteiger partial charge on any atom is -0.379 e. The van der Waals surface area contributed by atoms with Crippen molar-refractivity contribution in [3.05, 3.63) is 95.3 Å². The average molecular weight is 370 g/mol. The highest BCUT2D eigenvalue weighted by atomic mass is 19.2. The van der Waals surface area contributed by atoms with E-state index in [1.165, 1.54) is 0 Å². The van der Waals surface area contributed by atoms with Crippen LogP contribution in [0, 0.1) is 17.5 Å². The number of halogens is 3. The molecule has 0 bridgehead atoms. The Bertz CT molecular complexity index is 944. The van der Waals surface area contributed by atoms with E-state index in [0.29, 0.717) is 11.8 Å². The van der Waals surface area contributed by atoms with E-state index >= 15 is 0 Å². The molecule has 0 radical (unpaired) electrons. The van der Waals surface area contributed by atoms with E-state index in [1.807, 2.05) is 37.3 Å². The second-order valence-electron chi connectivity index (χ2n) is 6.03. The van der Waals surface area contributed by atoms with Crippen LogP contribution < -0.4 is 10.6 Å². The van der Waals surface area contributed by atoms with Crippen LogP contribution in [-0.4, -0.2) is 5.91 Å². The van der Waals surface area contributed by atoms with E-state index in [0.717, 1.165) is 17.3 Å². The summed E-state index contributed by atoms with van der Waals surface area (Å²) in [5.74, 6) is -5.38. The van der Waals surface area contributed by atoms with Gasteiger partial charge in [0.25, 0.3) is 5.91 Å². The second kappa shape index (κ2) is 7.95. The first-order valence-corrected chi connectivity index (χ1v) is 8.32. The van der Waals surface area contributed by atoms with Crippen LogP contribution in [-0.2, 0) is 0 Å². The summed E-state index contributed by atoms with van der Waals surface area (Å²) >= 11 is 0. The van der Waals surface area contributed by atoms with Crippen molar-refractivity contribution in [1.82, 2.24) is 0 Å². The van der Waals surface area contributed by atoms with Gasteiger partial charge in [-0.15, -0.1) is 0 Å². The fourth-order valence-electron chi connectivity index (χ4n) is 2.62. The van der Waals surface area contributed by atoms with Gasteiger partial charge in [-0.2, -0.15) is 0 Å². The third-order valence-electron chi connectivity index (χ3n) is 4.11. The summed E-state index contributed by atoms with van der Waals surface area (Å²) < 4.78 is 39.9. The van der Waals surface area contributed by atoms with Crippen molar-refractivity contribution in [2.75, 3.05) is 10.6 Å². The minimum atomic E-state index is -1.67. The van der Waals surface area contributed by atoms with Crippen molar-refractivity contribution in [3.8, 4) is 0 Å². The summed E-state index contributed by atoms with van der Waals surface area (Å²) in [6.07, 6.45) is 0. The number of amides is 1. The molecule has 0 heterocycles. The van der Waals surface area contributed by atoms with E-state index in [1.54, 1.807) is 24.3 Å². The number of rotatable bonds is 5. The van der Waals surface area contributed by atoms with Crippen molar-refractivity contribution in [1.29, 1.82) is 0 Å². The molecular formula is C21H17F3N2O. The minimum absolute atomic E-state index is 0.0860. The van der Waals surface area contributed by atoms with Gasteiger partial charge in [-0.3, -0.25) is 4.79 Å². The fraction of sp³-hybridized carbons (Fsp3) is 0.0952. The molecule has 3 aromatic carbocycles. The zero-order valence-corrected chi connectivity index (χ0v) is 14.5. The molecule has 3 nitrogen and oxygen atoms in total. The maximum absolute atomic E-state index is 13.7. The number of anilines is 2. The predicted molar refractivity (Wildman–Crippen MR) is 99.2 cm³/mol. The van der Waals surface area contributed by atoms with Gasteiger partial charge >= 0.3 is 0 Å². The molecule has 138 valence electrons. The molecule has 0 saturated heterocycles. The van der Waals surface area contributed by atoms with E-state index in [4.69, 9.17) is 0 Å². The Hall–Kier alpha value is -3.28. The van der Waals surface area contributed by atoms with Gasteiger partial charge in [-0.1, -0.05) is 30.3 Å². The van der Waals surface area contributed by atoms with Gasteiger partial charge in [0, 0.05) is 17.4 Å². The molecule has 0 fully saturated rings. The van der Waals surface area contributed by atoms with Crippen LogP contribution >= 0.6 is 0 Å². The summed E-state index contributed by atoms with van der Waals surface area (Å²) in [5.41, 5.74) is 1.81. The Morgan fingerprint density at radius 1 is 0.815 bits per heavy atom. The quantitative estimate of drug-likeness (QED) is 0.580. The summed E-state index contributed by atoms with van der Waals surface area (Å²) in [6, 6.07) is 18.4. The topological polar surface area (TPSA) is 41.1 Å². The van der Waals surface area contributed by atoms with Crippen LogP contribution in [0.2, 0.25) is 0 Å². The molecule has 2 N–H and O–H groups in total. The van der Waals surface area contributed by atoms with Gasteiger partial charge < -0.3 is 10.6 Å². The number of benzene rings is 3. The largest absolute Gasteiger partial charge is 0.379 e. The van der Waals surface area contributed by atoms with Gasteiger partial charge in [-0.05, 0) is 48.9 Å². The van der Waals surface area contributed by atoms with Crippen molar-refractivity contribution in [2.24, 2.45) is 0 Å². The molecule has 1 amide bonds. The third-order valence-corrected chi connectivity index (χ3v) is 4.11. The molecule has 3 rings (SSSR count). The second-order valence-corrected chi connectivity index (χ2v) is 6.03. The summed E-state index contributed by atoms with van der Waals surface area (Å²) in [7, 11) is 0. The lowest BCUT2D eigenvalue weighted by Gasteiger charge is -2.16. The maximum atomic E-state index is 13.7. The van der Waals surface area contributed by atoms with Crippen molar-refractivity contribution >= 4 is 17.3 Å². The smallest absolute Gasteiger partial charge is 0.258 e. The molecule has 27 heavy (non-hydrogen) atoms. The van der Waals surface area contributed by atoms with E-state index < -0.39 is 28.9 Å². The Kier molecular flexibility index (Phi) is 5.45. The van der Waals surface area contributed by atoms with Crippen LogP contribution in [0.4, 0.5) is 24.5 Å². The molecule has 3 aromatic rings. The summed E-state index contributed by atoms with van der Waals surface area (Å²) in [4.78, 5) is 12.1. The van der Waals surface area contributed by atoms with E-state index in [2.05, 4.69) is 10.6 Å². The maximum Gasteiger partial charge on any atom is 0.258 e. The lowest BCUT2D eigenvalue weighted by molar-refractivity contribution is 0.102. The monoisotopic (exact) mass is 370 g/mol. The zero-order chi connectivity index (χ0) is 19.4. The molecule has 0 aliphatic heterocycles. The van der Waals surface area contributed by atoms with Crippen LogP contribution in [0.3, 0.4) is 0 Å². The Balaban J connectivity index is 1.67. The molecule has 0 spiro atoms. The van der Waals surface area contributed by atoms with Gasteiger partial charge in [0.05, 0.1) is 5.56 Å². The number of carbonyl (C=O) groups is 1. The average Bonchev–Trinajstić information content (AvgIpc) is 2.68. The number of hydrogen-bond donors (Lipinski definition) is 2. The molecule has 1 atom stereocenters. The number of hydrogen-bond acceptors (Lipinski definition) is 2. The first-order chi connectivity index (χ1) is 13.0. The van der Waals surface area contributed by atoms with Crippen molar-refractivity contribution < 1.29 is 18.0 Å². The lowest BCUT2D eigenvalue weighted by atomic mass is 10.1. The molecule has 1 unspecified atom stereocenters. The standard InChI is InChI=1S/C21H17F3N2O/c1-13(14-5-3-2-4-6-14)25-15-7-9-16(10-8-15)26-21(27)17-11-12-18(22)20(24)19(17)23/h2-13,25H,1H3,(H,26,27). The van der Waals surface area contributed by atoms with Crippen molar-refractivity contribution in [3.63, 3.8) is 0 Å². The molecule has 0 aliphatic carbocycles. The Morgan fingerprint density at radius 2 is 1.44 bits per heavy atom. The van der Waals surface area contributed by atoms with E-state index in [-0.39, 0.29) is 6.04 Å². The van der Waals surface area contributed by atoms with Gasteiger partial charge in [0.2, 0.25) is 0 Å². The third kappa shape index (κ3) is 4.28.